The van der Waals surface area contributed by atoms with E-state index in [1.807, 2.05) is 0 Å². The number of rotatable bonds is 3. The first-order chi connectivity index (χ1) is 13.0. The molecule has 0 aliphatic rings. The van der Waals surface area contributed by atoms with Crippen molar-refractivity contribution in [1.82, 2.24) is 4.57 Å². The molecule has 0 amide bonds. The van der Waals surface area contributed by atoms with Gasteiger partial charge in [0.2, 0.25) is 0 Å². The number of hydrogen-bond acceptors (Lipinski definition) is 5. The average molecular weight is 361 g/mol. The summed E-state index contributed by atoms with van der Waals surface area (Å²) < 4.78 is 1.42. The van der Waals surface area contributed by atoms with Crippen molar-refractivity contribution in [2.45, 2.75) is 0 Å². The molecule has 3 aromatic carbocycles. The van der Waals surface area contributed by atoms with Crippen molar-refractivity contribution in [3.63, 3.8) is 0 Å². The van der Waals surface area contributed by atoms with Gasteiger partial charge < -0.3 is 0 Å². The monoisotopic (exact) mass is 361 g/mol. The Hall–Kier alpha value is -4.07. The average Bonchev–Trinajstić information content (AvgIpc) is 3.01. The number of carbonyl (C=O) groups excluding carboxylic acids is 1. The fourth-order valence-electron chi connectivity index (χ4n) is 3.16. The van der Waals surface area contributed by atoms with E-state index >= 15 is 0 Å². The van der Waals surface area contributed by atoms with Gasteiger partial charge in [-0.1, -0.05) is 18.2 Å². The fraction of sp³-hybridized carbons (Fsp3) is 0. The number of nitrogens with zero attached hydrogens (tertiary/aromatic N) is 3. The van der Waals surface area contributed by atoms with Crippen LogP contribution in [0.3, 0.4) is 0 Å². The van der Waals surface area contributed by atoms with E-state index in [4.69, 9.17) is 0 Å². The van der Waals surface area contributed by atoms with Crippen molar-refractivity contribution in [3.05, 3.63) is 92.5 Å². The van der Waals surface area contributed by atoms with Crippen molar-refractivity contribution >= 4 is 39.1 Å². The van der Waals surface area contributed by atoms with E-state index in [1.165, 1.54) is 41.0 Å². The van der Waals surface area contributed by atoms with Gasteiger partial charge in [-0.2, -0.15) is 0 Å². The molecule has 1 heterocycles. The lowest BCUT2D eigenvalue weighted by Crippen LogP contribution is -2.11. The summed E-state index contributed by atoms with van der Waals surface area (Å²) in [7, 11) is 0. The highest BCUT2D eigenvalue weighted by molar-refractivity contribution is 6.17. The molecule has 0 aliphatic heterocycles. The van der Waals surface area contributed by atoms with E-state index in [0.717, 1.165) is 0 Å². The van der Waals surface area contributed by atoms with Gasteiger partial charge in [0.25, 0.3) is 17.3 Å². The highest BCUT2D eigenvalue weighted by atomic mass is 16.6. The molecule has 0 spiro atoms. The minimum atomic E-state index is -0.543. The van der Waals surface area contributed by atoms with E-state index in [-0.39, 0.29) is 17.3 Å². The molecule has 0 bridgehead atoms. The Kier molecular flexibility index (Phi) is 3.66. The first kappa shape index (κ1) is 16.4. The van der Waals surface area contributed by atoms with Gasteiger partial charge in [-0.3, -0.25) is 29.6 Å². The third kappa shape index (κ3) is 2.60. The van der Waals surface area contributed by atoms with Crippen LogP contribution in [0.1, 0.15) is 10.4 Å². The lowest BCUT2D eigenvalue weighted by atomic mass is 10.1. The Morgan fingerprint density at radius 2 is 1.22 bits per heavy atom. The minimum Gasteiger partial charge on any atom is -0.276 e. The van der Waals surface area contributed by atoms with E-state index in [1.54, 1.807) is 30.3 Å². The highest BCUT2D eigenvalue weighted by Gasteiger charge is 2.21. The zero-order valence-corrected chi connectivity index (χ0v) is 13.7. The molecule has 0 saturated heterocycles. The zero-order chi connectivity index (χ0) is 19.1. The number of benzene rings is 3. The van der Waals surface area contributed by atoms with Crippen LogP contribution in [0, 0.1) is 20.2 Å². The largest absolute Gasteiger partial charge is 0.276 e. The van der Waals surface area contributed by atoms with E-state index in [0.29, 0.717) is 27.4 Å². The Morgan fingerprint density at radius 3 is 1.67 bits per heavy atom. The third-order valence-corrected chi connectivity index (χ3v) is 4.38. The van der Waals surface area contributed by atoms with Crippen molar-refractivity contribution in [2.24, 2.45) is 0 Å². The van der Waals surface area contributed by atoms with Gasteiger partial charge in [0.05, 0.1) is 20.9 Å². The summed E-state index contributed by atoms with van der Waals surface area (Å²) >= 11 is 0. The van der Waals surface area contributed by atoms with Gasteiger partial charge in [-0.25, -0.2) is 0 Å². The minimum absolute atomic E-state index is 0.153. The predicted octanol–water partition coefficient (Wildman–Crippen LogP) is 4.30. The Morgan fingerprint density at radius 1 is 0.741 bits per heavy atom. The van der Waals surface area contributed by atoms with Crippen LogP contribution in [0.2, 0.25) is 0 Å². The second-order valence-electron chi connectivity index (χ2n) is 5.92. The molecule has 0 atom stereocenters. The second kappa shape index (κ2) is 6.03. The first-order valence-electron chi connectivity index (χ1n) is 7.94. The normalized spacial score (nSPS) is 11.0. The third-order valence-electron chi connectivity index (χ3n) is 4.38. The fourth-order valence-corrected chi connectivity index (χ4v) is 3.16. The molecular weight excluding hydrogens is 350 g/mol. The van der Waals surface area contributed by atoms with Gasteiger partial charge in [-0.15, -0.1) is 0 Å². The second-order valence-corrected chi connectivity index (χ2v) is 5.92. The molecule has 4 aromatic rings. The van der Waals surface area contributed by atoms with E-state index < -0.39 is 9.85 Å². The number of fused-ring (bicyclic) bond motifs is 3. The molecule has 0 radical (unpaired) electrons. The summed E-state index contributed by atoms with van der Waals surface area (Å²) in [6.45, 7) is 0. The van der Waals surface area contributed by atoms with Crippen LogP contribution in [0.5, 0.6) is 0 Å². The summed E-state index contributed by atoms with van der Waals surface area (Å²) in [5.74, 6) is -0.321. The molecule has 8 nitrogen and oxygen atoms in total. The first-order valence-corrected chi connectivity index (χ1v) is 7.94. The van der Waals surface area contributed by atoms with Crippen LogP contribution in [-0.4, -0.2) is 20.3 Å². The van der Waals surface area contributed by atoms with Crippen molar-refractivity contribution in [3.8, 4) is 0 Å². The van der Waals surface area contributed by atoms with Gasteiger partial charge in [0, 0.05) is 40.6 Å². The molecule has 27 heavy (non-hydrogen) atoms. The van der Waals surface area contributed by atoms with Crippen LogP contribution in [0.25, 0.3) is 21.8 Å². The highest BCUT2D eigenvalue weighted by Crippen LogP contribution is 2.34. The summed E-state index contributed by atoms with van der Waals surface area (Å²) in [6.07, 6.45) is 0. The molecule has 0 aliphatic carbocycles. The maximum atomic E-state index is 13.1. The number of aromatic nitrogens is 1. The number of nitro benzene ring substituents is 2. The van der Waals surface area contributed by atoms with Gasteiger partial charge in [0.1, 0.15) is 0 Å². The number of hydrogen-bond donors (Lipinski definition) is 0. The Bertz CT molecular complexity index is 1170. The van der Waals surface area contributed by atoms with Crippen molar-refractivity contribution in [2.75, 3.05) is 0 Å². The van der Waals surface area contributed by atoms with Gasteiger partial charge in [-0.05, 0) is 24.3 Å². The molecule has 4 rings (SSSR count). The summed E-state index contributed by atoms with van der Waals surface area (Å²) in [4.78, 5) is 34.3. The number of non-ortho nitro benzene ring substituents is 2. The van der Waals surface area contributed by atoms with Crippen LogP contribution in [0.15, 0.2) is 66.7 Å². The lowest BCUT2D eigenvalue weighted by Gasteiger charge is -2.06. The Labute approximate surface area is 151 Å². The molecule has 0 unspecified atom stereocenters. The SMILES string of the molecule is O=C(c1ccccc1)n1c2ccc([N+](=O)[O-])cc2c2cc([N+](=O)[O-])ccc21. The van der Waals surface area contributed by atoms with Gasteiger partial charge >= 0.3 is 0 Å². The zero-order valence-electron chi connectivity index (χ0n) is 13.7. The van der Waals surface area contributed by atoms with Crippen LogP contribution >= 0.6 is 0 Å². The molecule has 0 fully saturated rings. The number of nitro groups is 2. The van der Waals surface area contributed by atoms with Crippen molar-refractivity contribution < 1.29 is 14.6 Å². The van der Waals surface area contributed by atoms with Crippen molar-refractivity contribution in [1.29, 1.82) is 0 Å². The van der Waals surface area contributed by atoms with Crippen LogP contribution in [0.4, 0.5) is 11.4 Å². The molecule has 0 N–H and O–H groups in total. The summed E-state index contributed by atoms with van der Waals surface area (Å²) in [5.41, 5.74) is 1.03. The summed E-state index contributed by atoms with van der Waals surface area (Å²) in [6, 6.07) is 16.8. The summed E-state index contributed by atoms with van der Waals surface area (Å²) in [5, 5.41) is 23.1. The molecule has 1 aromatic heterocycles. The van der Waals surface area contributed by atoms with E-state index in [9.17, 15) is 25.0 Å². The maximum Gasteiger partial charge on any atom is 0.270 e. The van der Waals surface area contributed by atoms with Crippen LogP contribution < -0.4 is 0 Å². The number of carbonyl (C=O) groups is 1. The maximum absolute atomic E-state index is 13.1. The standard InChI is InChI=1S/C19H11N3O5/c23-19(12-4-2-1-3-5-12)20-17-8-6-13(21(24)25)10-15(17)16-11-14(22(26)27)7-9-18(16)20/h1-11H. The smallest absolute Gasteiger partial charge is 0.270 e. The Balaban J connectivity index is 2.09. The van der Waals surface area contributed by atoms with E-state index in [2.05, 4.69) is 0 Å². The predicted molar refractivity (Wildman–Crippen MR) is 98.9 cm³/mol. The molecule has 8 heteroatoms. The topological polar surface area (TPSA) is 108 Å². The molecule has 132 valence electrons. The molecular formula is C19H11N3O5. The lowest BCUT2D eigenvalue weighted by molar-refractivity contribution is -0.385. The van der Waals surface area contributed by atoms with Crippen LogP contribution in [-0.2, 0) is 0 Å². The molecule has 0 saturated carbocycles. The van der Waals surface area contributed by atoms with Gasteiger partial charge in [0.15, 0.2) is 0 Å². The quantitative estimate of drug-likeness (QED) is 0.399.